The Hall–Kier alpha value is -0.340. The molecular formula is C15H23NS. The van der Waals surface area contributed by atoms with Gasteiger partial charge in [-0.15, -0.1) is 11.3 Å². The predicted molar refractivity (Wildman–Crippen MR) is 74.5 cm³/mol. The second-order valence-corrected chi connectivity index (χ2v) is 7.03. The molecule has 2 aliphatic carbocycles. The number of hydrogen-bond acceptors (Lipinski definition) is 2. The van der Waals surface area contributed by atoms with Crippen LogP contribution in [-0.2, 0) is 19.4 Å². The smallest absolute Gasteiger partial charge is 0.0219 e. The zero-order valence-corrected chi connectivity index (χ0v) is 11.8. The Bertz CT molecular complexity index is 376. The first-order chi connectivity index (χ1) is 8.24. The summed E-state index contributed by atoms with van der Waals surface area (Å²) in [5.74, 6) is 1.77. The summed E-state index contributed by atoms with van der Waals surface area (Å²) in [4.78, 5) is 1.68. The minimum atomic E-state index is 0.831. The molecule has 1 N–H and O–H groups in total. The van der Waals surface area contributed by atoms with Gasteiger partial charge in [-0.1, -0.05) is 13.8 Å². The van der Waals surface area contributed by atoms with E-state index in [2.05, 4.69) is 24.5 Å². The minimum Gasteiger partial charge on any atom is -0.310 e. The third-order valence-corrected chi connectivity index (χ3v) is 5.48. The average molecular weight is 249 g/mol. The maximum Gasteiger partial charge on any atom is 0.0219 e. The third-order valence-electron chi connectivity index (χ3n) is 4.38. The quantitative estimate of drug-likeness (QED) is 0.856. The van der Waals surface area contributed by atoms with E-state index in [9.17, 15) is 0 Å². The molecule has 2 heteroatoms. The molecule has 0 radical (unpaired) electrons. The monoisotopic (exact) mass is 249 g/mol. The minimum absolute atomic E-state index is 0.831. The second-order valence-electron chi connectivity index (χ2n) is 6.06. The molecule has 1 fully saturated rings. The summed E-state index contributed by atoms with van der Waals surface area (Å²) in [6.07, 6.45) is 6.84. The highest BCUT2D eigenvalue weighted by Crippen LogP contribution is 2.36. The van der Waals surface area contributed by atoms with Gasteiger partial charge in [-0.3, -0.25) is 0 Å². The zero-order chi connectivity index (χ0) is 11.8. The lowest BCUT2D eigenvalue weighted by molar-refractivity contribution is 0.345. The van der Waals surface area contributed by atoms with Gasteiger partial charge in [-0.25, -0.2) is 0 Å². The molecule has 17 heavy (non-hydrogen) atoms. The Morgan fingerprint density at radius 1 is 1.35 bits per heavy atom. The molecule has 1 atom stereocenters. The van der Waals surface area contributed by atoms with Crippen molar-refractivity contribution < 1.29 is 0 Å². The van der Waals surface area contributed by atoms with Crippen LogP contribution in [0.15, 0.2) is 5.38 Å². The van der Waals surface area contributed by atoms with Crippen molar-refractivity contribution in [1.82, 2.24) is 5.32 Å². The van der Waals surface area contributed by atoms with E-state index in [1.165, 1.54) is 32.1 Å². The van der Waals surface area contributed by atoms with Crippen molar-refractivity contribution in [1.29, 1.82) is 0 Å². The van der Waals surface area contributed by atoms with Crippen molar-refractivity contribution in [2.75, 3.05) is 0 Å². The van der Waals surface area contributed by atoms with Gasteiger partial charge in [0.2, 0.25) is 0 Å². The van der Waals surface area contributed by atoms with Crippen LogP contribution in [0.3, 0.4) is 0 Å². The summed E-state index contributed by atoms with van der Waals surface area (Å²) >= 11 is 2.01. The molecular weight excluding hydrogens is 226 g/mol. The maximum atomic E-state index is 3.65. The Labute approximate surface area is 109 Å². The van der Waals surface area contributed by atoms with Gasteiger partial charge in [-0.05, 0) is 60.4 Å². The Morgan fingerprint density at radius 2 is 2.18 bits per heavy atom. The van der Waals surface area contributed by atoms with Gasteiger partial charge in [0.1, 0.15) is 0 Å². The molecule has 1 aromatic rings. The fourth-order valence-corrected chi connectivity index (χ4v) is 4.06. The second kappa shape index (κ2) is 4.74. The fourth-order valence-electron chi connectivity index (χ4n) is 2.86. The topological polar surface area (TPSA) is 12.0 Å². The lowest BCUT2D eigenvalue weighted by Gasteiger charge is -2.26. The number of hydrogen-bond donors (Lipinski definition) is 1. The molecule has 94 valence electrons. The van der Waals surface area contributed by atoms with Crippen molar-refractivity contribution in [2.45, 2.75) is 58.5 Å². The molecule has 0 aromatic carbocycles. The van der Waals surface area contributed by atoms with E-state index >= 15 is 0 Å². The van der Waals surface area contributed by atoms with E-state index in [0.29, 0.717) is 0 Å². The first-order valence-electron chi connectivity index (χ1n) is 7.05. The van der Waals surface area contributed by atoms with Crippen molar-refractivity contribution in [2.24, 2.45) is 11.8 Å². The highest BCUT2D eigenvalue weighted by Gasteiger charge is 2.25. The van der Waals surface area contributed by atoms with Crippen LogP contribution < -0.4 is 5.32 Å². The molecule has 1 unspecified atom stereocenters. The van der Waals surface area contributed by atoms with Crippen LogP contribution in [0, 0.1) is 11.8 Å². The number of fused-ring (bicyclic) bond motifs is 1. The van der Waals surface area contributed by atoms with E-state index in [4.69, 9.17) is 0 Å². The van der Waals surface area contributed by atoms with Crippen molar-refractivity contribution in [3.05, 3.63) is 21.4 Å². The lowest BCUT2D eigenvalue weighted by atomic mass is 9.81. The first kappa shape index (κ1) is 11.7. The standard InChI is InChI=1S/C15H23NS/c1-10(2)11-3-6-14-12(8-16-13-4-5-13)9-17-15(14)7-11/h9-11,13,16H,3-8H2,1-2H3. The van der Waals surface area contributed by atoms with Crippen LogP contribution in [0.25, 0.3) is 0 Å². The molecule has 0 amide bonds. The van der Waals surface area contributed by atoms with Gasteiger partial charge in [-0.2, -0.15) is 0 Å². The van der Waals surface area contributed by atoms with Crippen molar-refractivity contribution in [3.8, 4) is 0 Å². The predicted octanol–water partition coefficient (Wildman–Crippen LogP) is 3.76. The summed E-state index contributed by atoms with van der Waals surface area (Å²) in [7, 11) is 0. The highest BCUT2D eigenvalue weighted by atomic mass is 32.1. The van der Waals surface area contributed by atoms with Gasteiger partial charge in [0.25, 0.3) is 0 Å². The SMILES string of the molecule is CC(C)C1CCc2c(CNC3CC3)csc2C1. The molecule has 1 saturated carbocycles. The lowest BCUT2D eigenvalue weighted by Crippen LogP contribution is -2.20. The molecule has 0 spiro atoms. The number of nitrogens with one attached hydrogen (secondary N) is 1. The largest absolute Gasteiger partial charge is 0.310 e. The van der Waals surface area contributed by atoms with E-state index in [-0.39, 0.29) is 0 Å². The van der Waals surface area contributed by atoms with Gasteiger partial charge in [0, 0.05) is 17.5 Å². The molecule has 2 aliphatic rings. The first-order valence-corrected chi connectivity index (χ1v) is 7.93. The molecule has 1 aromatic heterocycles. The van der Waals surface area contributed by atoms with Gasteiger partial charge in [0.15, 0.2) is 0 Å². The fraction of sp³-hybridized carbons (Fsp3) is 0.733. The van der Waals surface area contributed by atoms with E-state index in [0.717, 1.165) is 24.4 Å². The maximum absolute atomic E-state index is 3.65. The van der Waals surface area contributed by atoms with Crippen LogP contribution in [0.4, 0.5) is 0 Å². The molecule has 1 heterocycles. The average Bonchev–Trinajstić information content (AvgIpc) is 3.06. The Morgan fingerprint density at radius 3 is 2.88 bits per heavy atom. The van der Waals surface area contributed by atoms with Gasteiger partial charge < -0.3 is 5.32 Å². The molecule has 3 rings (SSSR count). The molecule has 1 nitrogen and oxygen atoms in total. The number of rotatable bonds is 4. The summed E-state index contributed by atoms with van der Waals surface area (Å²) in [6, 6.07) is 0.831. The van der Waals surface area contributed by atoms with Crippen molar-refractivity contribution >= 4 is 11.3 Å². The van der Waals surface area contributed by atoms with Crippen LogP contribution in [0.5, 0.6) is 0 Å². The third kappa shape index (κ3) is 2.58. The van der Waals surface area contributed by atoms with E-state index in [1.807, 2.05) is 11.3 Å². The van der Waals surface area contributed by atoms with Gasteiger partial charge in [0.05, 0.1) is 0 Å². The Kier molecular flexibility index (Phi) is 3.27. The van der Waals surface area contributed by atoms with Gasteiger partial charge >= 0.3 is 0 Å². The molecule has 0 saturated heterocycles. The summed E-state index contributed by atoms with van der Waals surface area (Å²) in [5, 5.41) is 6.06. The van der Waals surface area contributed by atoms with Crippen LogP contribution in [0.1, 0.15) is 49.1 Å². The molecule has 0 aliphatic heterocycles. The summed E-state index contributed by atoms with van der Waals surface area (Å²) < 4.78 is 0. The van der Waals surface area contributed by atoms with Crippen molar-refractivity contribution in [3.63, 3.8) is 0 Å². The summed E-state index contributed by atoms with van der Waals surface area (Å²) in [6.45, 7) is 5.86. The van der Waals surface area contributed by atoms with E-state index < -0.39 is 0 Å². The normalized spacial score (nSPS) is 24.1. The van der Waals surface area contributed by atoms with Crippen LogP contribution in [0.2, 0.25) is 0 Å². The van der Waals surface area contributed by atoms with Crippen LogP contribution >= 0.6 is 11.3 Å². The zero-order valence-electron chi connectivity index (χ0n) is 11.0. The highest BCUT2D eigenvalue weighted by molar-refractivity contribution is 7.10. The summed E-state index contributed by atoms with van der Waals surface area (Å²) in [5.41, 5.74) is 3.29. The van der Waals surface area contributed by atoms with E-state index in [1.54, 1.807) is 16.0 Å². The molecule has 0 bridgehead atoms. The Balaban J connectivity index is 1.68. The number of thiophene rings is 1. The van der Waals surface area contributed by atoms with Crippen LogP contribution in [-0.4, -0.2) is 6.04 Å².